The van der Waals surface area contributed by atoms with Crippen LogP contribution in [0.1, 0.15) is 49.7 Å². The van der Waals surface area contributed by atoms with Crippen LogP contribution in [0.15, 0.2) is 36.7 Å². The van der Waals surface area contributed by atoms with Gasteiger partial charge >= 0.3 is 0 Å². The summed E-state index contributed by atoms with van der Waals surface area (Å²) in [6, 6.07) is 7.67. The minimum atomic E-state index is -0.891. The summed E-state index contributed by atoms with van der Waals surface area (Å²) in [6.45, 7) is 3.85. The number of hydrogen-bond acceptors (Lipinski definition) is 5. The molecule has 3 unspecified atom stereocenters. The molecule has 176 valence electrons. The van der Waals surface area contributed by atoms with Gasteiger partial charge in [0.25, 0.3) is 0 Å². The zero-order valence-electron chi connectivity index (χ0n) is 19.2. The number of piperidine rings is 1. The molecule has 1 aromatic carbocycles. The molecular formula is C26H34N4O3. The maximum Gasteiger partial charge on any atom is 0.224 e. The average molecular weight is 451 g/mol. The second-order valence-corrected chi connectivity index (χ2v) is 10.7. The van der Waals surface area contributed by atoms with E-state index in [1.807, 2.05) is 23.2 Å². The highest BCUT2D eigenvalue weighted by Gasteiger charge is 2.63. The van der Waals surface area contributed by atoms with E-state index in [2.05, 4.69) is 16.1 Å². The van der Waals surface area contributed by atoms with Gasteiger partial charge in [-0.05, 0) is 80.3 Å². The maximum absolute atomic E-state index is 13.1. The Bertz CT molecular complexity index is 1040. The number of aromatic hydroxyl groups is 1. The second-order valence-electron chi connectivity index (χ2n) is 10.7. The topological polar surface area (TPSA) is 81.8 Å². The third-order valence-corrected chi connectivity index (χ3v) is 8.90. The summed E-state index contributed by atoms with van der Waals surface area (Å²) in [4.78, 5) is 17.6. The largest absolute Gasteiger partial charge is 0.508 e. The van der Waals surface area contributed by atoms with Gasteiger partial charge in [-0.3, -0.25) is 14.4 Å². The summed E-state index contributed by atoms with van der Waals surface area (Å²) in [6.07, 6.45) is 9.64. The van der Waals surface area contributed by atoms with Crippen molar-refractivity contribution >= 4 is 5.91 Å². The number of aliphatic hydroxyl groups is 1. The summed E-state index contributed by atoms with van der Waals surface area (Å²) in [7, 11) is 0. The van der Waals surface area contributed by atoms with Crippen LogP contribution in [0.2, 0.25) is 0 Å². The lowest BCUT2D eigenvalue weighted by atomic mass is 9.52. The number of amides is 1. The normalized spacial score (nSPS) is 31.5. The number of nitrogens with zero attached hydrogens (tertiary/aromatic N) is 4. The Kier molecular flexibility index (Phi) is 5.03. The van der Waals surface area contributed by atoms with Crippen LogP contribution < -0.4 is 0 Å². The SMILES string of the molecule is O=C(CCn1cccn1)N1CCC23CCN(CC4CC4)C(Cc4ccc(O)cc42)C3(O)CC1. The van der Waals surface area contributed by atoms with Gasteiger partial charge in [0.15, 0.2) is 0 Å². The third-order valence-electron chi connectivity index (χ3n) is 8.90. The van der Waals surface area contributed by atoms with Crippen molar-refractivity contribution in [2.75, 3.05) is 26.2 Å². The number of carbonyl (C=O) groups excluding carboxylic acids is 1. The maximum atomic E-state index is 13.1. The lowest BCUT2D eigenvalue weighted by molar-refractivity contribution is -0.149. The van der Waals surface area contributed by atoms with Crippen molar-refractivity contribution in [1.29, 1.82) is 0 Å². The van der Waals surface area contributed by atoms with Gasteiger partial charge < -0.3 is 15.1 Å². The summed E-state index contributed by atoms with van der Waals surface area (Å²) in [5.41, 5.74) is 1.05. The number of aryl methyl sites for hydroxylation is 1. The second kappa shape index (κ2) is 7.84. The zero-order valence-corrected chi connectivity index (χ0v) is 19.2. The van der Waals surface area contributed by atoms with Gasteiger partial charge in [-0.2, -0.15) is 5.10 Å². The number of carbonyl (C=O) groups is 1. The van der Waals surface area contributed by atoms with Crippen LogP contribution in [0, 0.1) is 5.92 Å². The van der Waals surface area contributed by atoms with E-state index in [0.29, 0.717) is 32.5 Å². The number of phenolic OH excluding ortho intramolecular Hbond substituents is 1. The van der Waals surface area contributed by atoms with Gasteiger partial charge in [-0.25, -0.2) is 0 Å². The van der Waals surface area contributed by atoms with E-state index in [-0.39, 0.29) is 17.7 Å². The third kappa shape index (κ3) is 3.48. The molecule has 2 bridgehead atoms. The van der Waals surface area contributed by atoms with Crippen molar-refractivity contribution in [2.24, 2.45) is 5.92 Å². The standard InChI is InChI=1S/C26H34N4O3/c31-21-5-4-20-16-23-26(33)9-15-28(24(32)6-12-30-11-1-10-27-30)13-7-25(26,22(20)17-21)8-14-29(23)18-19-2-3-19/h1,4-5,10-11,17,19,23,31,33H,2-3,6-9,12-16,18H2. The Hall–Kier alpha value is -2.38. The molecule has 3 atom stereocenters. The molecule has 0 radical (unpaired) electrons. The molecule has 2 aliphatic heterocycles. The van der Waals surface area contributed by atoms with E-state index in [1.165, 1.54) is 18.4 Å². The number of phenols is 1. The molecule has 1 aromatic heterocycles. The van der Waals surface area contributed by atoms with Crippen LogP contribution in [-0.4, -0.2) is 73.5 Å². The Morgan fingerprint density at radius 1 is 1.15 bits per heavy atom. The van der Waals surface area contributed by atoms with E-state index in [4.69, 9.17) is 0 Å². The van der Waals surface area contributed by atoms with Gasteiger partial charge in [-0.1, -0.05) is 6.07 Å². The van der Waals surface area contributed by atoms with E-state index < -0.39 is 11.0 Å². The predicted octanol–water partition coefficient (Wildman–Crippen LogP) is 2.31. The highest BCUT2D eigenvalue weighted by molar-refractivity contribution is 5.76. The van der Waals surface area contributed by atoms with Crippen LogP contribution in [0.3, 0.4) is 0 Å². The lowest BCUT2D eigenvalue weighted by Crippen LogP contribution is -2.71. The monoisotopic (exact) mass is 450 g/mol. The van der Waals surface area contributed by atoms with E-state index in [1.54, 1.807) is 16.9 Å². The molecule has 2 aromatic rings. The fourth-order valence-corrected chi connectivity index (χ4v) is 6.92. The first-order valence-corrected chi connectivity index (χ1v) is 12.5. The average Bonchev–Trinajstić information content (AvgIpc) is 3.50. The van der Waals surface area contributed by atoms with Crippen molar-refractivity contribution in [2.45, 2.75) is 68.5 Å². The van der Waals surface area contributed by atoms with Crippen molar-refractivity contribution in [1.82, 2.24) is 19.6 Å². The van der Waals surface area contributed by atoms with Gasteiger partial charge in [0.1, 0.15) is 5.75 Å². The molecule has 4 aliphatic rings. The van der Waals surface area contributed by atoms with Crippen molar-refractivity contribution in [3.8, 4) is 5.75 Å². The minimum absolute atomic E-state index is 0.0722. The molecule has 2 N–H and O–H groups in total. The van der Waals surface area contributed by atoms with Crippen LogP contribution in [0.5, 0.6) is 5.75 Å². The van der Waals surface area contributed by atoms with Crippen molar-refractivity contribution < 1.29 is 15.0 Å². The number of rotatable bonds is 5. The van der Waals surface area contributed by atoms with Gasteiger partial charge in [-0.15, -0.1) is 0 Å². The smallest absolute Gasteiger partial charge is 0.224 e. The number of likely N-dealkylation sites (tertiary alicyclic amines) is 2. The zero-order chi connectivity index (χ0) is 22.6. The van der Waals surface area contributed by atoms with Crippen LogP contribution >= 0.6 is 0 Å². The summed E-state index contributed by atoms with van der Waals surface area (Å²) in [5, 5.41) is 27.0. The Labute approximate surface area is 195 Å². The molecule has 33 heavy (non-hydrogen) atoms. The van der Waals surface area contributed by atoms with Crippen LogP contribution in [0.25, 0.3) is 0 Å². The van der Waals surface area contributed by atoms with Gasteiger partial charge in [0.2, 0.25) is 5.91 Å². The van der Waals surface area contributed by atoms with Gasteiger partial charge in [0, 0.05) is 56.5 Å². The molecule has 6 rings (SSSR count). The fraction of sp³-hybridized carbons (Fsp3) is 0.615. The minimum Gasteiger partial charge on any atom is -0.508 e. The van der Waals surface area contributed by atoms with Crippen LogP contribution in [0.4, 0.5) is 0 Å². The van der Waals surface area contributed by atoms with E-state index in [9.17, 15) is 15.0 Å². The van der Waals surface area contributed by atoms with E-state index in [0.717, 1.165) is 43.8 Å². The predicted molar refractivity (Wildman–Crippen MR) is 124 cm³/mol. The molecule has 2 aliphatic carbocycles. The molecule has 1 saturated carbocycles. The first-order chi connectivity index (χ1) is 16.0. The lowest BCUT2D eigenvalue weighted by Gasteiger charge is -2.61. The van der Waals surface area contributed by atoms with Crippen molar-refractivity contribution in [3.63, 3.8) is 0 Å². The molecule has 2 saturated heterocycles. The van der Waals surface area contributed by atoms with E-state index >= 15 is 0 Å². The Morgan fingerprint density at radius 2 is 1.97 bits per heavy atom. The fourth-order valence-electron chi connectivity index (χ4n) is 6.92. The Morgan fingerprint density at radius 3 is 2.76 bits per heavy atom. The highest BCUT2D eigenvalue weighted by Crippen LogP contribution is 2.56. The Balaban J connectivity index is 1.30. The number of benzene rings is 1. The summed E-state index contributed by atoms with van der Waals surface area (Å²) in [5.74, 6) is 1.17. The molecule has 7 nitrogen and oxygen atoms in total. The number of fused-ring (bicyclic) bond motifs is 1. The number of hydrogen-bond donors (Lipinski definition) is 2. The summed E-state index contributed by atoms with van der Waals surface area (Å²) < 4.78 is 1.80. The first-order valence-electron chi connectivity index (χ1n) is 12.5. The molecule has 1 amide bonds. The quantitative estimate of drug-likeness (QED) is 0.731. The summed E-state index contributed by atoms with van der Waals surface area (Å²) >= 11 is 0. The molecule has 0 spiro atoms. The molecule has 3 fully saturated rings. The highest BCUT2D eigenvalue weighted by atomic mass is 16.3. The van der Waals surface area contributed by atoms with Crippen LogP contribution in [-0.2, 0) is 23.2 Å². The van der Waals surface area contributed by atoms with Gasteiger partial charge in [0.05, 0.1) is 5.60 Å². The number of aromatic nitrogens is 2. The molecular weight excluding hydrogens is 416 g/mol. The molecule has 3 heterocycles. The first kappa shape index (κ1) is 21.2. The van der Waals surface area contributed by atoms with Crippen molar-refractivity contribution in [3.05, 3.63) is 47.8 Å². The molecule has 7 heteroatoms.